The van der Waals surface area contributed by atoms with Gasteiger partial charge in [-0.1, -0.05) is 72.8 Å². The highest BCUT2D eigenvalue weighted by Gasteiger charge is 2.44. The maximum absolute atomic E-state index is 6.11. The molecule has 1 aliphatic carbocycles. The monoisotopic (exact) mass is 504 g/mol. The first-order valence-electron chi connectivity index (χ1n) is 13.5. The Bertz CT molecular complexity index is 1390. The second-order valence-corrected chi connectivity index (χ2v) is 10.7. The summed E-state index contributed by atoms with van der Waals surface area (Å²) in [5.41, 5.74) is 9.66. The zero-order valence-electron chi connectivity index (χ0n) is 21.9. The van der Waals surface area contributed by atoms with Crippen LogP contribution in [-0.4, -0.2) is 38.6 Å². The van der Waals surface area contributed by atoms with E-state index < -0.39 is 5.41 Å². The van der Waals surface area contributed by atoms with E-state index in [2.05, 4.69) is 98.8 Å². The topological polar surface area (TPSA) is 43.5 Å². The van der Waals surface area contributed by atoms with Gasteiger partial charge in [0.1, 0.15) is 36.9 Å². The standard InChI is InChI=1S/C34H32O4/c1-22-15-26(11-13-32(22)37-20-28-18-35-28)34(27-12-14-33(23(2)16-27)38-21-29-19-36-29)30-9-5-3-7-24(30)17-25-8-4-6-10-31(25)34/h3-16,28-29H,17-21H2,1-2H3. The summed E-state index contributed by atoms with van der Waals surface area (Å²) in [6, 6.07) is 31.2. The molecule has 192 valence electrons. The molecular formula is C34H32O4. The van der Waals surface area contributed by atoms with Crippen LogP contribution in [0, 0.1) is 13.8 Å². The van der Waals surface area contributed by atoms with Crippen LogP contribution in [0.3, 0.4) is 0 Å². The van der Waals surface area contributed by atoms with E-state index >= 15 is 0 Å². The number of hydrogen-bond donors (Lipinski definition) is 0. The minimum absolute atomic E-state index is 0.229. The Morgan fingerprint density at radius 1 is 0.658 bits per heavy atom. The van der Waals surface area contributed by atoms with Gasteiger partial charge in [0, 0.05) is 0 Å². The van der Waals surface area contributed by atoms with Gasteiger partial charge in [-0.3, -0.25) is 0 Å². The number of aryl methyl sites for hydroxylation is 2. The van der Waals surface area contributed by atoms with Gasteiger partial charge >= 0.3 is 0 Å². The summed E-state index contributed by atoms with van der Waals surface area (Å²) in [6.45, 7) is 7.07. The fourth-order valence-corrected chi connectivity index (χ4v) is 6.00. The van der Waals surface area contributed by atoms with E-state index in [0.717, 1.165) is 42.3 Å². The van der Waals surface area contributed by atoms with Crippen LogP contribution in [0.5, 0.6) is 11.5 Å². The van der Waals surface area contributed by atoms with Crippen LogP contribution in [0.4, 0.5) is 0 Å². The Morgan fingerprint density at radius 2 is 1.11 bits per heavy atom. The Labute approximate surface area is 224 Å². The highest BCUT2D eigenvalue weighted by molar-refractivity contribution is 5.68. The lowest BCUT2D eigenvalue weighted by Crippen LogP contribution is -2.36. The number of epoxide rings is 2. The van der Waals surface area contributed by atoms with E-state index in [1.807, 2.05) is 0 Å². The van der Waals surface area contributed by atoms with Crippen molar-refractivity contribution in [1.29, 1.82) is 0 Å². The summed E-state index contributed by atoms with van der Waals surface area (Å²) in [5.74, 6) is 1.83. The van der Waals surface area contributed by atoms with Gasteiger partial charge in [-0.25, -0.2) is 0 Å². The lowest BCUT2D eigenvalue weighted by molar-refractivity contribution is 0.261. The first kappa shape index (κ1) is 23.5. The molecule has 0 radical (unpaired) electrons. The summed E-state index contributed by atoms with van der Waals surface area (Å²) in [6.07, 6.45) is 1.39. The van der Waals surface area contributed by atoms with Crippen molar-refractivity contribution in [2.75, 3.05) is 26.4 Å². The molecule has 0 aromatic heterocycles. The molecule has 2 saturated heterocycles. The lowest BCUT2D eigenvalue weighted by atomic mass is 9.59. The third kappa shape index (κ3) is 4.09. The van der Waals surface area contributed by atoms with Crippen LogP contribution in [0.1, 0.15) is 44.5 Å². The van der Waals surface area contributed by atoms with Crippen LogP contribution < -0.4 is 9.47 Å². The number of hydrogen-bond acceptors (Lipinski definition) is 4. The van der Waals surface area contributed by atoms with Gasteiger partial charge in [-0.15, -0.1) is 0 Å². The van der Waals surface area contributed by atoms with Gasteiger partial charge in [-0.2, -0.15) is 0 Å². The number of ether oxygens (including phenoxy) is 4. The van der Waals surface area contributed by atoms with E-state index in [0.29, 0.717) is 13.2 Å². The molecule has 4 aromatic carbocycles. The molecular weight excluding hydrogens is 472 g/mol. The summed E-state index contributed by atoms with van der Waals surface area (Å²) < 4.78 is 22.9. The Kier molecular flexibility index (Phi) is 5.75. The van der Waals surface area contributed by atoms with Crippen LogP contribution in [0.15, 0.2) is 84.9 Å². The molecule has 0 spiro atoms. The van der Waals surface area contributed by atoms with Gasteiger partial charge < -0.3 is 18.9 Å². The van der Waals surface area contributed by atoms with Gasteiger partial charge in [0.25, 0.3) is 0 Å². The first-order valence-corrected chi connectivity index (χ1v) is 13.5. The maximum Gasteiger partial charge on any atom is 0.122 e. The highest BCUT2D eigenvalue weighted by atomic mass is 16.6. The van der Waals surface area contributed by atoms with Crippen molar-refractivity contribution in [3.63, 3.8) is 0 Å². The van der Waals surface area contributed by atoms with E-state index in [9.17, 15) is 0 Å². The zero-order chi connectivity index (χ0) is 25.7. The smallest absolute Gasteiger partial charge is 0.122 e. The quantitative estimate of drug-likeness (QED) is 0.238. The Balaban J connectivity index is 1.42. The zero-order valence-corrected chi connectivity index (χ0v) is 21.9. The number of rotatable bonds is 8. The maximum atomic E-state index is 6.11. The van der Waals surface area contributed by atoms with Crippen molar-refractivity contribution in [2.24, 2.45) is 0 Å². The predicted octanol–water partition coefficient (Wildman–Crippen LogP) is 6.15. The van der Waals surface area contributed by atoms with Crippen molar-refractivity contribution >= 4 is 0 Å². The molecule has 0 saturated carbocycles. The molecule has 4 aromatic rings. The van der Waals surface area contributed by atoms with E-state index in [1.165, 1.54) is 33.4 Å². The molecule has 38 heavy (non-hydrogen) atoms. The van der Waals surface area contributed by atoms with Gasteiger partial charge in [-0.05, 0) is 76.9 Å². The van der Waals surface area contributed by atoms with Crippen molar-refractivity contribution in [1.82, 2.24) is 0 Å². The van der Waals surface area contributed by atoms with Crippen molar-refractivity contribution < 1.29 is 18.9 Å². The van der Waals surface area contributed by atoms with Gasteiger partial charge in [0.15, 0.2) is 0 Å². The highest BCUT2D eigenvalue weighted by Crippen LogP contribution is 2.51. The summed E-state index contributed by atoms with van der Waals surface area (Å²) in [4.78, 5) is 0. The second-order valence-electron chi connectivity index (χ2n) is 10.7. The molecule has 4 heteroatoms. The fraction of sp³-hybridized carbons (Fsp3) is 0.294. The van der Waals surface area contributed by atoms with E-state index in [1.54, 1.807) is 0 Å². The molecule has 2 unspecified atom stereocenters. The summed E-state index contributed by atoms with van der Waals surface area (Å²) in [7, 11) is 0. The largest absolute Gasteiger partial charge is 0.491 e. The van der Waals surface area contributed by atoms with Gasteiger partial charge in [0.2, 0.25) is 0 Å². The number of benzene rings is 4. The molecule has 0 bridgehead atoms. The average molecular weight is 505 g/mol. The predicted molar refractivity (Wildman–Crippen MR) is 148 cm³/mol. The summed E-state index contributed by atoms with van der Waals surface area (Å²) >= 11 is 0. The van der Waals surface area contributed by atoms with Crippen molar-refractivity contribution in [2.45, 2.75) is 37.9 Å². The average Bonchev–Trinajstić information content (AvgIpc) is 3.86. The molecule has 3 aliphatic rings. The fourth-order valence-electron chi connectivity index (χ4n) is 6.00. The third-order valence-electron chi connectivity index (χ3n) is 8.09. The molecule has 7 rings (SSSR count). The Hall–Kier alpha value is -3.60. The van der Waals surface area contributed by atoms with Gasteiger partial charge in [0.05, 0.1) is 18.6 Å². The molecule has 2 heterocycles. The van der Waals surface area contributed by atoms with E-state index in [4.69, 9.17) is 18.9 Å². The Morgan fingerprint density at radius 3 is 1.53 bits per heavy atom. The molecule has 2 fully saturated rings. The SMILES string of the molecule is Cc1cc(C2(c3ccc(OCC4CO4)c(C)c3)c3ccccc3Cc3ccccc32)ccc1OCC1CO1. The molecule has 2 atom stereocenters. The lowest BCUT2D eigenvalue weighted by Gasteiger charge is -2.42. The van der Waals surface area contributed by atoms with Crippen molar-refractivity contribution in [3.05, 3.63) is 129 Å². The third-order valence-corrected chi connectivity index (χ3v) is 8.09. The minimum atomic E-state index is -0.461. The molecule has 4 nitrogen and oxygen atoms in total. The number of fused-ring (bicyclic) bond motifs is 2. The van der Waals surface area contributed by atoms with Crippen LogP contribution in [0.25, 0.3) is 0 Å². The van der Waals surface area contributed by atoms with Crippen molar-refractivity contribution in [3.8, 4) is 11.5 Å². The molecule has 0 amide bonds. The van der Waals surface area contributed by atoms with E-state index in [-0.39, 0.29) is 12.2 Å². The van der Waals surface area contributed by atoms with Crippen LogP contribution in [0.2, 0.25) is 0 Å². The summed E-state index contributed by atoms with van der Waals surface area (Å²) in [5, 5.41) is 0. The first-order chi connectivity index (χ1) is 18.6. The van der Waals surface area contributed by atoms with Crippen LogP contribution in [-0.2, 0) is 21.3 Å². The molecule has 0 N–H and O–H groups in total. The molecule has 2 aliphatic heterocycles. The minimum Gasteiger partial charge on any atom is -0.491 e. The normalized spacial score (nSPS) is 20.3. The second kappa shape index (κ2) is 9.30. The van der Waals surface area contributed by atoms with Crippen LogP contribution >= 0.6 is 0 Å².